The highest BCUT2D eigenvalue weighted by Gasteiger charge is 2.18. The second-order valence-electron chi connectivity index (χ2n) is 4.35. The minimum Gasteiger partial charge on any atom is -0.399 e. The third kappa shape index (κ3) is 3.34. The maximum absolute atomic E-state index is 12.2. The van der Waals surface area contributed by atoms with E-state index in [-0.39, 0.29) is 6.54 Å². The molecule has 0 aliphatic heterocycles. The molecule has 0 saturated heterocycles. The van der Waals surface area contributed by atoms with Gasteiger partial charge < -0.3 is 5.73 Å². The van der Waals surface area contributed by atoms with Gasteiger partial charge in [-0.3, -0.25) is 0 Å². The lowest BCUT2D eigenvalue weighted by Crippen LogP contribution is -2.23. The van der Waals surface area contributed by atoms with Crippen LogP contribution < -0.4 is 10.5 Å². The van der Waals surface area contributed by atoms with Gasteiger partial charge in [-0.15, -0.1) is 11.3 Å². The number of benzene rings is 1. The van der Waals surface area contributed by atoms with Crippen LogP contribution in [0.25, 0.3) is 0 Å². The van der Waals surface area contributed by atoms with Gasteiger partial charge in [0.15, 0.2) is 0 Å². The highest BCUT2D eigenvalue weighted by molar-refractivity contribution is 7.89. The van der Waals surface area contributed by atoms with Gasteiger partial charge >= 0.3 is 0 Å². The van der Waals surface area contributed by atoms with Gasteiger partial charge in [0, 0.05) is 22.0 Å². The van der Waals surface area contributed by atoms with Crippen molar-refractivity contribution in [1.82, 2.24) is 4.72 Å². The molecule has 0 bridgehead atoms. The average Bonchev–Trinajstić information content (AvgIpc) is 2.67. The fourth-order valence-electron chi connectivity index (χ4n) is 1.83. The van der Waals surface area contributed by atoms with Crippen molar-refractivity contribution in [2.24, 2.45) is 0 Å². The summed E-state index contributed by atoms with van der Waals surface area (Å²) in [7, 11) is -3.46. The summed E-state index contributed by atoms with van der Waals surface area (Å²) in [6, 6.07) is 8.86. The molecular formula is C13H16N2O2S2. The Morgan fingerprint density at radius 2 is 2.00 bits per heavy atom. The van der Waals surface area contributed by atoms with Crippen LogP contribution in [0.4, 0.5) is 5.69 Å². The van der Waals surface area contributed by atoms with Gasteiger partial charge in [0.1, 0.15) is 0 Å². The smallest absolute Gasteiger partial charge is 0.241 e. The molecule has 1 aromatic carbocycles. The summed E-state index contributed by atoms with van der Waals surface area (Å²) < 4.78 is 27.0. The molecule has 19 heavy (non-hydrogen) atoms. The molecule has 102 valence electrons. The first kappa shape index (κ1) is 14.0. The van der Waals surface area contributed by atoms with Crippen molar-refractivity contribution in [3.05, 3.63) is 45.6 Å². The number of anilines is 1. The van der Waals surface area contributed by atoms with Gasteiger partial charge in [0.25, 0.3) is 0 Å². The zero-order valence-electron chi connectivity index (χ0n) is 10.8. The summed E-state index contributed by atoms with van der Waals surface area (Å²) in [4.78, 5) is 2.15. The minimum absolute atomic E-state index is 0.238. The lowest BCUT2D eigenvalue weighted by atomic mass is 10.2. The first-order valence-electron chi connectivity index (χ1n) is 5.79. The summed E-state index contributed by atoms with van der Waals surface area (Å²) in [5.74, 6) is 0. The van der Waals surface area contributed by atoms with Crippen LogP contribution in [0.15, 0.2) is 35.2 Å². The average molecular weight is 296 g/mol. The van der Waals surface area contributed by atoms with Gasteiger partial charge in [0.05, 0.1) is 4.90 Å². The predicted molar refractivity (Wildman–Crippen MR) is 78.7 cm³/mol. The van der Waals surface area contributed by atoms with E-state index in [0.29, 0.717) is 10.6 Å². The van der Waals surface area contributed by atoms with E-state index < -0.39 is 10.0 Å². The van der Waals surface area contributed by atoms with Crippen LogP contribution in [0.1, 0.15) is 15.3 Å². The minimum atomic E-state index is -3.46. The lowest BCUT2D eigenvalue weighted by Gasteiger charge is -2.07. The normalized spacial score (nSPS) is 11.7. The number of aryl methyl sites for hydroxylation is 2. The van der Waals surface area contributed by atoms with E-state index in [1.165, 1.54) is 11.3 Å². The molecule has 0 aliphatic rings. The predicted octanol–water partition coefficient (Wildman–Crippen LogP) is 2.43. The van der Waals surface area contributed by atoms with Crippen LogP contribution in [0, 0.1) is 13.8 Å². The molecule has 0 atom stereocenters. The summed E-state index contributed by atoms with van der Waals surface area (Å²) in [6.45, 7) is 3.95. The van der Waals surface area contributed by atoms with E-state index >= 15 is 0 Å². The van der Waals surface area contributed by atoms with Crippen LogP contribution in [0.5, 0.6) is 0 Å². The molecule has 0 spiro atoms. The second kappa shape index (κ2) is 5.32. The van der Waals surface area contributed by atoms with Crippen LogP contribution in [-0.2, 0) is 16.6 Å². The Morgan fingerprint density at radius 3 is 2.58 bits per heavy atom. The molecule has 0 unspecified atom stereocenters. The molecule has 3 N–H and O–H groups in total. The van der Waals surface area contributed by atoms with Crippen molar-refractivity contribution in [3.63, 3.8) is 0 Å². The van der Waals surface area contributed by atoms with Gasteiger partial charge in [-0.2, -0.15) is 0 Å². The van der Waals surface area contributed by atoms with Crippen molar-refractivity contribution in [3.8, 4) is 0 Å². The third-order valence-corrected chi connectivity index (χ3v) is 5.32. The third-order valence-electron chi connectivity index (χ3n) is 2.70. The van der Waals surface area contributed by atoms with E-state index in [9.17, 15) is 8.42 Å². The number of thiophene rings is 1. The van der Waals surface area contributed by atoms with Crippen LogP contribution in [0.2, 0.25) is 0 Å². The number of hydrogen-bond acceptors (Lipinski definition) is 4. The molecule has 1 heterocycles. The van der Waals surface area contributed by atoms with Gasteiger partial charge in [0.2, 0.25) is 10.0 Å². The Kier molecular flexibility index (Phi) is 3.93. The van der Waals surface area contributed by atoms with E-state index in [4.69, 9.17) is 5.73 Å². The van der Waals surface area contributed by atoms with Crippen molar-refractivity contribution >= 4 is 27.0 Å². The molecule has 2 aromatic rings. The van der Waals surface area contributed by atoms with Crippen LogP contribution in [0.3, 0.4) is 0 Å². The molecule has 4 nitrogen and oxygen atoms in total. The van der Waals surface area contributed by atoms with E-state index in [0.717, 1.165) is 15.3 Å². The zero-order chi connectivity index (χ0) is 14.0. The largest absolute Gasteiger partial charge is 0.399 e. The number of hydrogen-bond donors (Lipinski definition) is 2. The monoisotopic (exact) mass is 296 g/mol. The quantitative estimate of drug-likeness (QED) is 0.851. The second-order valence-corrected chi connectivity index (χ2v) is 7.54. The molecule has 0 amide bonds. The topological polar surface area (TPSA) is 72.2 Å². The van der Waals surface area contributed by atoms with Gasteiger partial charge in [-0.25, -0.2) is 13.1 Å². The molecule has 0 radical (unpaired) electrons. The molecule has 6 heteroatoms. The van der Waals surface area contributed by atoms with Gasteiger partial charge in [-0.05, 0) is 37.6 Å². The number of nitrogens with two attached hydrogens (primary N) is 1. The molecule has 1 aromatic heterocycles. The Bertz CT molecular complexity index is 690. The fourth-order valence-corrected chi connectivity index (χ4v) is 4.40. The maximum atomic E-state index is 12.2. The first-order valence-corrected chi connectivity index (χ1v) is 8.09. The Balaban J connectivity index is 2.16. The number of nitrogens with one attached hydrogen (secondary N) is 1. The zero-order valence-corrected chi connectivity index (χ0v) is 12.4. The van der Waals surface area contributed by atoms with Crippen LogP contribution >= 0.6 is 11.3 Å². The summed E-state index contributed by atoms with van der Waals surface area (Å²) >= 11 is 1.48. The van der Waals surface area contributed by atoms with Crippen molar-refractivity contribution in [2.45, 2.75) is 25.3 Å². The lowest BCUT2D eigenvalue weighted by molar-refractivity contribution is 0.581. The summed E-state index contributed by atoms with van der Waals surface area (Å²) in [5, 5.41) is 0. The maximum Gasteiger partial charge on any atom is 0.241 e. The Morgan fingerprint density at radius 1 is 1.26 bits per heavy atom. The Labute approximate surface area is 117 Å². The van der Waals surface area contributed by atoms with Crippen LogP contribution in [-0.4, -0.2) is 8.42 Å². The van der Waals surface area contributed by atoms with E-state index in [1.54, 1.807) is 24.3 Å². The molecule has 2 rings (SSSR count). The summed E-state index contributed by atoms with van der Waals surface area (Å²) in [6.07, 6.45) is 0. The molecular weight excluding hydrogens is 280 g/mol. The van der Waals surface area contributed by atoms with E-state index in [2.05, 4.69) is 4.72 Å². The number of sulfonamides is 1. The van der Waals surface area contributed by atoms with E-state index in [1.807, 2.05) is 19.9 Å². The Hall–Kier alpha value is -1.37. The van der Waals surface area contributed by atoms with Crippen molar-refractivity contribution in [1.29, 1.82) is 0 Å². The molecule has 0 saturated carbocycles. The first-order chi connectivity index (χ1) is 8.88. The SMILES string of the molecule is Cc1cc(S(=O)(=O)NCc2cccc(N)c2)c(C)s1. The van der Waals surface area contributed by atoms with Crippen molar-refractivity contribution in [2.75, 3.05) is 5.73 Å². The molecule has 0 fully saturated rings. The number of rotatable bonds is 4. The highest BCUT2D eigenvalue weighted by atomic mass is 32.2. The highest BCUT2D eigenvalue weighted by Crippen LogP contribution is 2.24. The molecule has 0 aliphatic carbocycles. The fraction of sp³-hybridized carbons (Fsp3) is 0.231. The number of nitrogen functional groups attached to an aromatic ring is 1. The van der Waals surface area contributed by atoms with Gasteiger partial charge in [-0.1, -0.05) is 12.1 Å². The van der Waals surface area contributed by atoms with Crippen molar-refractivity contribution < 1.29 is 8.42 Å². The standard InChI is InChI=1S/C13H16N2O2S2/c1-9-6-13(10(2)18-9)19(16,17)15-8-11-4-3-5-12(14)7-11/h3-7,15H,8,14H2,1-2H3. The summed E-state index contributed by atoms with van der Waals surface area (Å²) in [5.41, 5.74) is 7.13.